The van der Waals surface area contributed by atoms with Gasteiger partial charge in [-0.3, -0.25) is 14.5 Å². The van der Waals surface area contributed by atoms with Gasteiger partial charge in [0.1, 0.15) is 18.1 Å². The van der Waals surface area contributed by atoms with Gasteiger partial charge in [0.2, 0.25) is 11.8 Å². The molecule has 1 unspecified atom stereocenters. The molecule has 146 valence electrons. The molecule has 0 bridgehead atoms. The van der Waals surface area contributed by atoms with Gasteiger partial charge in [0.25, 0.3) is 0 Å². The maximum atomic E-state index is 12.6. The van der Waals surface area contributed by atoms with Crippen LogP contribution in [-0.2, 0) is 9.59 Å². The Hall–Kier alpha value is -2.93. The SMILES string of the molecule is CN(C)CCOc1ccc2c(ccc3onc(C4CCC(=O)N(C)C4=O)c32)c1. The van der Waals surface area contributed by atoms with E-state index in [4.69, 9.17) is 9.26 Å². The van der Waals surface area contributed by atoms with Crippen molar-refractivity contribution in [1.29, 1.82) is 0 Å². The van der Waals surface area contributed by atoms with Gasteiger partial charge in [-0.2, -0.15) is 0 Å². The van der Waals surface area contributed by atoms with Crippen LogP contribution in [0.15, 0.2) is 34.9 Å². The van der Waals surface area contributed by atoms with Gasteiger partial charge in [0.05, 0.1) is 11.3 Å². The number of amides is 2. The van der Waals surface area contributed by atoms with E-state index in [1.807, 2.05) is 44.4 Å². The Morgan fingerprint density at radius 2 is 2.07 bits per heavy atom. The first-order valence-electron chi connectivity index (χ1n) is 9.35. The molecule has 1 fully saturated rings. The average Bonchev–Trinajstić information content (AvgIpc) is 3.10. The zero-order valence-corrected chi connectivity index (χ0v) is 16.3. The van der Waals surface area contributed by atoms with Crippen LogP contribution >= 0.6 is 0 Å². The number of hydrogen-bond acceptors (Lipinski definition) is 6. The summed E-state index contributed by atoms with van der Waals surface area (Å²) in [7, 11) is 5.53. The lowest BCUT2D eigenvalue weighted by Crippen LogP contribution is -2.41. The van der Waals surface area contributed by atoms with Gasteiger partial charge in [-0.25, -0.2) is 0 Å². The first-order valence-corrected chi connectivity index (χ1v) is 9.35. The van der Waals surface area contributed by atoms with E-state index in [9.17, 15) is 9.59 Å². The highest BCUT2D eigenvalue weighted by atomic mass is 16.5. The van der Waals surface area contributed by atoms with Crippen LogP contribution in [0.2, 0.25) is 0 Å². The predicted octanol–water partition coefficient (Wildman–Crippen LogP) is 2.78. The molecule has 7 heteroatoms. The van der Waals surface area contributed by atoms with Gasteiger partial charge in [-0.05, 0) is 55.6 Å². The largest absolute Gasteiger partial charge is 0.492 e. The van der Waals surface area contributed by atoms with E-state index in [2.05, 4.69) is 10.1 Å². The molecule has 0 N–H and O–H groups in total. The van der Waals surface area contributed by atoms with Crippen LogP contribution in [0, 0.1) is 0 Å². The third-order valence-electron chi connectivity index (χ3n) is 5.24. The summed E-state index contributed by atoms with van der Waals surface area (Å²) in [6, 6.07) is 9.71. The van der Waals surface area contributed by atoms with E-state index in [-0.39, 0.29) is 11.8 Å². The fourth-order valence-corrected chi connectivity index (χ4v) is 3.62. The maximum Gasteiger partial charge on any atom is 0.238 e. The molecule has 2 amide bonds. The topological polar surface area (TPSA) is 75.9 Å². The monoisotopic (exact) mass is 381 g/mol. The molecule has 1 aliphatic heterocycles. The van der Waals surface area contributed by atoms with Crippen LogP contribution in [0.25, 0.3) is 21.7 Å². The van der Waals surface area contributed by atoms with Gasteiger partial charge in [-0.1, -0.05) is 11.2 Å². The molecule has 2 aromatic carbocycles. The van der Waals surface area contributed by atoms with Crippen molar-refractivity contribution in [1.82, 2.24) is 15.0 Å². The lowest BCUT2D eigenvalue weighted by molar-refractivity contribution is -0.147. The molecule has 1 saturated heterocycles. The highest BCUT2D eigenvalue weighted by Crippen LogP contribution is 2.37. The Labute approximate surface area is 162 Å². The summed E-state index contributed by atoms with van der Waals surface area (Å²) in [6.07, 6.45) is 0.779. The molecule has 3 aromatic rings. The molecular formula is C21H23N3O4. The number of likely N-dealkylation sites (tertiary alicyclic amines) is 1. The summed E-state index contributed by atoms with van der Waals surface area (Å²) in [5.41, 5.74) is 1.24. The molecule has 0 radical (unpaired) electrons. The minimum atomic E-state index is -0.467. The number of piperidine rings is 1. The van der Waals surface area contributed by atoms with Gasteiger partial charge >= 0.3 is 0 Å². The number of imide groups is 1. The number of aromatic nitrogens is 1. The second-order valence-corrected chi connectivity index (χ2v) is 7.42. The van der Waals surface area contributed by atoms with E-state index in [0.717, 1.165) is 28.5 Å². The molecule has 4 rings (SSSR count). The van der Waals surface area contributed by atoms with Crippen molar-refractivity contribution >= 4 is 33.6 Å². The van der Waals surface area contributed by atoms with E-state index >= 15 is 0 Å². The molecule has 1 atom stereocenters. The lowest BCUT2D eigenvalue weighted by atomic mass is 9.90. The number of likely N-dealkylation sites (N-methyl/N-ethyl adjacent to an activating group) is 2. The molecule has 0 aliphatic carbocycles. The van der Waals surface area contributed by atoms with Gasteiger partial charge in [-0.15, -0.1) is 0 Å². The Bertz CT molecular complexity index is 1060. The number of carbonyl (C=O) groups is 2. The van der Waals surface area contributed by atoms with Crippen molar-refractivity contribution in [3.05, 3.63) is 36.0 Å². The summed E-state index contributed by atoms with van der Waals surface area (Å²) in [4.78, 5) is 27.7. The van der Waals surface area contributed by atoms with Crippen molar-refractivity contribution < 1.29 is 18.8 Å². The standard InChI is InChI=1S/C21H23N3O4/c1-23(2)10-11-27-14-5-6-15-13(12-14)4-8-17-19(15)20(22-28-17)16-7-9-18(25)24(3)21(16)26/h4-6,8,12,16H,7,9-11H2,1-3H3. The predicted molar refractivity (Wildman–Crippen MR) is 105 cm³/mol. The lowest BCUT2D eigenvalue weighted by Gasteiger charge is -2.26. The highest BCUT2D eigenvalue weighted by molar-refractivity contribution is 6.10. The smallest absolute Gasteiger partial charge is 0.238 e. The van der Waals surface area contributed by atoms with Gasteiger partial charge in [0, 0.05) is 20.0 Å². The Balaban J connectivity index is 1.72. The van der Waals surface area contributed by atoms with E-state index in [1.165, 1.54) is 11.9 Å². The zero-order valence-electron chi connectivity index (χ0n) is 16.3. The number of fused-ring (bicyclic) bond motifs is 3. The fraction of sp³-hybridized carbons (Fsp3) is 0.381. The van der Waals surface area contributed by atoms with Crippen LogP contribution in [0.4, 0.5) is 0 Å². The molecular weight excluding hydrogens is 358 g/mol. The van der Waals surface area contributed by atoms with Gasteiger partial charge in [0.15, 0.2) is 5.58 Å². The second-order valence-electron chi connectivity index (χ2n) is 7.42. The van der Waals surface area contributed by atoms with E-state index in [1.54, 1.807) is 0 Å². The minimum Gasteiger partial charge on any atom is -0.492 e. The maximum absolute atomic E-state index is 12.6. The number of hydrogen-bond donors (Lipinski definition) is 0. The number of nitrogens with zero attached hydrogens (tertiary/aromatic N) is 3. The molecule has 28 heavy (non-hydrogen) atoms. The van der Waals surface area contributed by atoms with Crippen molar-refractivity contribution in [2.75, 3.05) is 34.3 Å². The molecule has 1 aliphatic rings. The first-order chi connectivity index (χ1) is 13.5. The number of ether oxygens (including phenoxy) is 1. The summed E-state index contributed by atoms with van der Waals surface area (Å²) < 4.78 is 11.3. The molecule has 0 spiro atoms. The van der Waals surface area contributed by atoms with Gasteiger partial charge < -0.3 is 14.2 Å². The van der Waals surface area contributed by atoms with Crippen molar-refractivity contribution in [2.45, 2.75) is 18.8 Å². The summed E-state index contributed by atoms with van der Waals surface area (Å²) in [6.45, 7) is 1.44. The molecule has 0 saturated carbocycles. The van der Waals surface area contributed by atoms with E-state index in [0.29, 0.717) is 30.7 Å². The normalized spacial score (nSPS) is 17.9. The molecule has 2 heterocycles. The van der Waals surface area contributed by atoms with Crippen LogP contribution in [-0.4, -0.2) is 61.1 Å². The third kappa shape index (κ3) is 3.22. The Morgan fingerprint density at radius 1 is 1.25 bits per heavy atom. The highest BCUT2D eigenvalue weighted by Gasteiger charge is 2.36. The van der Waals surface area contributed by atoms with Crippen molar-refractivity contribution in [3.63, 3.8) is 0 Å². The Kier molecular flexibility index (Phi) is 4.77. The average molecular weight is 381 g/mol. The van der Waals surface area contributed by atoms with Crippen LogP contribution in [0.3, 0.4) is 0 Å². The van der Waals surface area contributed by atoms with Crippen LogP contribution in [0.5, 0.6) is 5.75 Å². The van der Waals surface area contributed by atoms with E-state index < -0.39 is 5.92 Å². The first kappa shape index (κ1) is 18.4. The van der Waals surface area contributed by atoms with Crippen molar-refractivity contribution in [3.8, 4) is 5.75 Å². The second kappa shape index (κ2) is 7.24. The summed E-state index contributed by atoms with van der Waals surface area (Å²) in [5, 5.41) is 6.98. The van der Waals surface area contributed by atoms with Crippen LogP contribution in [0.1, 0.15) is 24.5 Å². The number of rotatable bonds is 5. The molecule has 7 nitrogen and oxygen atoms in total. The summed E-state index contributed by atoms with van der Waals surface area (Å²) in [5.74, 6) is -0.0538. The minimum absolute atomic E-state index is 0.154. The van der Waals surface area contributed by atoms with Crippen LogP contribution < -0.4 is 4.74 Å². The zero-order chi connectivity index (χ0) is 19.8. The quantitative estimate of drug-likeness (QED) is 0.633. The van der Waals surface area contributed by atoms with Crippen molar-refractivity contribution in [2.24, 2.45) is 0 Å². The third-order valence-corrected chi connectivity index (χ3v) is 5.24. The summed E-state index contributed by atoms with van der Waals surface area (Å²) >= 11 is 0. The molecule has 1 aromatic heterocycles. The number of benzene rings is 2. The fourth-order valence-electron chi connectivity index (χ4n) is 3.62. The Morgan fingerprint density at radius 3 is 2.86 bits per heavy atom. The number of carbonyl (C=O) groups excluding carboxylic acids is 2.